The molecule has 0 saturated carbocycles. The van der Waals surface area contributed by atoms with Crippen LogP contribution in [0.25, 0.3) is 11.0 Å². The molecule has 2 atom stereocenters. The van der Waals surface area contributed by atoms with Gasteiger partial charge in [-0.15, -0.1) is 0 Å². The third-order valence-corrected chi connectivity index (χ3v) is 3.76. The Balaban J connectivity index is 2.36. The Labute approximate surface area is 120 Å². The summed E-state index contributed by atoms with van der Waals surface area (Å²) in [6, 6.07) is 4.36. The predicted octanol–water partition coefficient (Wildman–Crippen LogP) is 1.37. The number of benzene rings is 1. The van der Waals surface area contributed by atoms with E-state index < -0.39 is 23.4 Å². The second-order valence-electron chi connectivity index (χ2n) is 5.58. The van der Waals surface area contributed by atoms with Gasteiger partial charge in [-0.05, 0) is 19.9 Å². The van der Waals surface area contributed by atoms with Crippen LogP contribution in [0.3, 0.4) is 0 Å². The molecule has 0 saturated heterocycles. The number of fused-ring (bicyclic) bond motifs is 2. The highest BCUT2D eigenvalue weighted by atomic mass is 16.5. The van der Waals surface area contributed by atoms with Crippen molar-refractivity contribution in [2.45, 2.75) is 31.7 Å². The molecule has 6 nitrogen and oxygen atoms in total. The molecule has 6 heteroatoms. The van der Waals surface area contributed by atoms with Crippen LogP contribution in [0.4, 0.5) is 0 Å². The Hall–Kier alpha value is -2.05. The Kier molecular flexibility index (Phi) is 2.96. The summed E-state index contributed by atoms with van der Waals surface area (Å²) in [5, 5.41) is 21.1. The number of hydrogen-bond acceptors (Lipinski definition) is 6. The number of rotatable bonds is 1. The molecule has 1 aliphatic heterocycles. The van der Waals surface area contributed by atoms with E-state index in [1.54, 1.807) is 19.9 Å². The van der Waals surface area contributed by atoms with Gasteiger partial charge in [0.05, 0.1) is 18.1 Å². The van der Waals surface area contributed by atoms with Crippen molar-refractivity contribution >= 4 is 11.0 Å². The molecule has 0 radical (unpaired) electrons. The van der Waals surface area contributed by atoms with Crippen molar-refractivity contribution in [2.75, 3.05) is 7.11 Å². The highest BCUT2D eigenvalue weighted by Gasteiger charge is 2.44. The Morgan fingerprint density at radius 1 is 1.29 bits per heavy atom. The lowest BCUT2D eigenvalue weighted by atomic mass is 9.87. The minimum absolute atomic E-state index is 0.303. The Morgan fingerprint density at radius 2 is 2.00 bits per heavy atom. The summed E-state index contributed by atoms with van der Waals surface area (Å²) >= 11 is 0. The SMILES string of the molecule is COc1c2c(cc3oc(=O)ccc13)OC(C)(C)[C@H](O)[C@H]2O. The van der Waals surface area contributed by atoms with Gasteiger partial charge in [0.2, 0.25) is 0 Å². The summed E-state index contributed by atoms with van der Waals surface area (Å²) in [7, 11) is 1.44. The summed E-state index contributed by atoms with van der Waals surface area (Å²) in [5.74, 6) is 0.657. The molecule has 0 spiro atoms. The smallest absolute Gasteiger partial charge is 0.336 e. The van der Waals surface area contributed by atoms with Gasteiger partial charge in [0.1, 0.15) is 34.9 Å². The van der Waals surface area contributed by atoms with E-state index in [1.807, 2.05) is 0 Å². The topological polar surface area (TPSA) is 89.1 Å². The summed E-state index contributed by atoms with van der Waals surface area (Å²) < 4.78 is 16.2. The molecule has 0 aliphatic carbocycles. The first-order chi connectivity index (χ1) is 9.85. The molecule has 21 heavy (non-hydrogen) atoms. The van der Waals surface area contributed by atoms with E-state index in [0.29, 0.717) is 28.0 Å². The van der Waals surface area contributed by atoms with Crippen molar-refractivity contribution in [3.05, 3.63) is 34.2 Å². The van der Waals surface area contributed by atoms with Crippen LogP contribution in [0.2, 0.25) is 0 Å². The first-order valence-electron chi connectivity index (χ1n) is 6.55. The van der Waals surface area contributed by atoms with Gasteiger partial charge < -0.3 is 24.1 Å². The summed E-state index contributed by atoms with van der Waals surface area (Å²) in [6.07, 6.45) is -2.26. The van der Waals surface area contributed by atoms with Crippen LogP contribution >= 0.6 is 0 Å². The third-order valence-electron chi connectivity index (χ3n) is 3.76. The maximum atomic E-state index is 11.4. The van der Waals surface area contributed by atoms with E-state index in [0.717, 1.165) is 0 Å². The minimum Gasteiger partial charge on any atom is -0.495 e. The van der Waals surface area contributed by atoms with Crippen LogP contribution in [-0.4, -0.2) is 29.0 Å². The lowest BCUT2D eigenvalue weighted by Gasteiger charge is -2.40. The molecule has 2 N–H and O–H groups in total. The molecule has 2 aromatic rings. The number of aliphatic hydroxyl groups is 2. The molecule has 0 amide bonds. The molecule has 1 aromatic heterocycles. The number of methoxy groups -OCH3 is 1. The van der Waals surface area contributed by atoms with E-state index >= 15 is 0 Å². The van der Waals surface area contributed by atoms with E-state index in [-0.39, 0.29) is 0 Å². The highest BCUT2D eigenvalue weighted by molar-refractivity contribution is 5.87. The van der Waals surface area contributed by atoms with Gasteiger partial charge in [0, 0.05) is 12.1 Å². The first kappa shape index (κ1) is 13.9. The largest absolute Gasteiger partial charge is 0.495 e. The summed E-state index contributed by atoms with van der Waals surface area (Å²) in [6.45, 7) is 3.34. The standard InChI is InChI=1S/C15H16O6/c1-15(2)14(18)12(17)11-9(21-15)6-8-7(13(11)19-3)4-5-10(16)20-8/h4-6,12,14,17-18H,1-3H3/t12-,14+/m0/s1. The van der Waals surface area contributed by atoms with Crippen LogP contribution in [0.1, 0.15) is 25.5 Å². The van der Waals surface area contributed by atoms with E-state index in [4.69, 9.17) is 13.9 Å². The molecule has 112 valence electrons. The second kappa shape index (κ2) is 4.47. The molecular weight excluding hydrogens is 276 g/mol. The van der Waals surface area contributed by atoms with Gasteiger partial charge in [0.25, 0.3) is 0 Å². The molecule has 1 aromatic carbocycles. The lowest BCUT2D eigenvalue weighted by molar-refractivity contribution is -0.112. The monoisotopic (exact) mass is 292 g/mol. The molecule has 1 aliphatic rings. The van der Waals surface area contributed by atoms with Crippen LogP contribution in [0.15, 0.2) is 27.4 Å². The van der Waals surface area contributed by atoms with E-state index in [1.165, 1.54) is 19.2 Å². The maximum absolute atomic E-state index is 11.4. The van der Waals surface area contributed by atoms with Crippen LogP contribution in [-0.2, 0) is 0 Å². The maximum Gasteiger partial charge on any atom is 0.336 e. The highest BCUT2D eigenvalue weighted by Crippen LogP contribution is 2.47. The van der Waals surface area contributed by atoms with Crippen LogP contribution in [0, 0.1) is 0 Å². The number of hydrogen-bond donors (Lipinski definition) is 2. The van der Waals surface area contributed by atoms with Crippen molar-refractivity contribution < 1.29 is 24.1 Å². The zero-order chi connectivity index (χ0) is 15.4. The fourth-order valence-corrected chi connectivity index (χ4v) is 2.65. The molecule has 0 bridgehead atoms. The molecule has 0 fully saturated rings. The van der Waals surface area contributed by atoms with Gasteiger partial charge in [-0.2, -0.15) is 0 Å². The summed E-state index contributed by atoms with van der Waals surface area (Å²) in [4.78, 5) is 11.4. The van der Waals surface area contributed by atoms with Gasteiger partial charge in [-0.25, -0.2) is 4.79 Å². The quantitative estimate of drug-likeness (QED) is 0.772. The molecular formula is C15H16O6. The zero-order valence-electron chi connectivity index (χ0n) is 11.9. The Morgan fingerprint density at radius 3 is 2.67 bits per heavy atom. The first-order valence-corrected chi connectivity index (χ1v) is 6.55. The number of ether oxygens (including phenoxy) is 2. The Bertz CT molecular complexity index is 761. The zero-order valence-corrected chi connectivity index (χ0v) is 11.9. The van der Waals surface area contributed by atoms with Crippen molar-refractivity contribution in [3.63, 3.8) is 0 Å². The van der Waals surface area contributed by atoms with Gasteiger partial charge in [-0.1, -0.05) is 0 Å². The van der Waals surface area contributed by atoms with Crippen molar-refractivity contribution in [1.29, 1.82) is 0 Å². The van der Waals surface area contributed by atoms with E-state index in [2.05, 4.69) is 0 Å². The average Bonchev–Trinajstić information content (AvgIpc) is 2.42. The predicted molar refractivity (Wildman–Crippen MR) is 74.7 cm³/mol. The van der Waals surface area contributed by atoms with Gasteiger partial charge >= 0.3 is 5.63 Å². The normalized spacial score (nSPS) is 23.5. The molecule has 3 rings (SSSR count). The molecule has 2 heterocycles. The fraction of sp³-hybridized carbons (Fsp3) is 0.400. The second-order valence-corrected chi connectivity index (χ2v) is 5.58. The van der Waals surface area contributed by atoms with Crippen LogP contribution < -0.4 is 15.1 Å². The summed E-state index contributed by atoms with van der Waals surface area (Å²) in [5.41, 5.74) is -0.802. The third kappa shape index (κ3) is 1.99. The number of aliphatic hydroxyl groups excluding tert-OH is 2. The fourth-order valence-electron chi connectivity index (χ4n) is 2.65. The van der Waals surface area contributed by atoms with Crippen molar-refractivity contribution in [3.8, 4) is 11.5 Å². The van der Waals surface area contributed by atoms with Crippen molar-refractivity contribution in [1.82, 2.24) is 0 Å². The van der Waals surface area contributed by atoms with Crippen molar-refractivity contribution in [2.24, 2.45) is 0 Å². The average molecular weight is 292 g/mol. The lowest BCUT2D eigenvalue weighted by Crippen LogP contribution is -2.48. The molecule has 0 unspecified atom stereocenters. The van der Waals surface area contributed by atoms with Gasteiger partial charge in [-0.3, -0.25) is 0 Å². The van der Waals surface area contributed by atoms with Crippen LogP contribution in [0.5, 0.6) is 11.5 Å². The van der Waals surface area contributed by atoms with Gasteiger partial charge in [0.15, 0.2) is 0 Å². The van der Waals surface area contributed by atoms with E-state index in [9.17, 15) is 15.0 Å². The minimum atomic E-state index is -1.16.